The van der Waals surface area contributed by atoms with Crippen LogP contribution in [0.25, 0.3) is 5.69 Å². The van der Waals surface area contributed by atoms with Crippen LogP contribution >= 0.6 is 23.3 Å². The molecular formula is C15H17N5S2. The van der Waals surface area contributed by atoms with Crippen LogP contribution in [0.4, 0.5) is 0 Å². The summed E-state index contributed by atoms with van der Waals surface area (Å²) in [6.07, 6.45) is 0. The van der Waals surface area contributed by atoms with Crippen molar-refractivity contribution in [3.8, 4) is 5.69 Å². The van der Waals surface area contributed by atoms with Crippen molar-refractivity contribution in [2.24, 2.45) is 0 Å². The van der Waals surface area contributed by atoms with E-state index < -0.39 is 0 Å². The molecule has 2 aromatic heterocycles. The smallest absolute Gasteiger partial charge is 0.202 e. The Morgan fingerprint density at radius 1 is 1.14 bits per heavy atom. The average molecular weight is 331 g/mol. The van der Waals surface area contributed by atoms with Gasteiger partial charge in [0.05, 0.1) is 5.69 Å². The summed E-state index contributed by atoms with van der Waals surface area (Å²) in [6, 6.07) is 8.23. The predicted molar refractivity (Wildman–Crippen MR) is 89.0 cm³/mol. The van der Waals surface area contributed by atoms with Crippen molar-refractivity contribution in [3.05, 3.63) is 41.5 Å². The molecule has 7 heteroatoms. The zero-order valence-electron chi connectivity index (χ0n) is 12.9. The lowest BCUT2D eigenvalue weighted by atomic mass is 10.2. The molecule has 114 valence electrons. The maximum atomic E-state index is 4.56. The first-order chi connectivity index (χ1) is 10.6. The molecule has 22 heavy (non-hydrogen) atoms. The molecule has 0 fully saturated rings. The summed E-state index contributed by atoms with van der Waals surface area (Å²) < 4.78 is 7.35. The van der Waals surface area contributed by atoms with Gasteiger partial charge in [-0.1, -0.05) is 32.0 Å². The fraction of sp³-hybridized carbons (Fsp3) is 0.333. The van der Waals surface area contributed by atoms with Gasteiger partial charge in [0.2, 0.25) is 5.16 Å². The number of hydrogen-bond donors (Lipinski definition) is 0. The summed E-state index contributed by atoms with van der Waals surface area (Å²) in [4.78, 5) is 4.56. The third-order valence-corrected chi connectivity index (χ3v) is 4.98. The van der Waals surface area contributed by atoms with Gasteiger partial charge in [-0.2, -0.15) is 4.37 Å². The lowest BCUT2D eigenvalue weighted by Crippen LogP contribution is -2.01. The number of nitrogens with zero attached hydrogens (tertiary/aromatic N) is 5. The summed E-state index contributed by atoms with van der Waals surface area (Å²) in [5.74, 6) is 2.08. The number of aromatic nitrogens is 5. The molecule has 0 bridgehead atoms. The van der Waals surface area contributed by atoms with E-state index in [1.165, 1.54) is 28.9 Å². The molecule has 0 saturated heterocycles. The summed E-state index contributed by atoms with van der Waals surface area (Å²) >= 11 is 2.92. The van der Waals surface area contributed by atoms with Crippen LogP contribution in [0.15, 0.2) is 33.8 Å². The van der Waals surface area contributed by atoms with Crippen LogP contribution in [-0.2, 0) is 0 Å². The first-order valence-electron chi connectivity index (χ1n) is 7.05. The number of para-hydroxylation sites is 1. The van der Waals surface area contributed by atoms with E-state index in [1.54, 1.807) is 0 Å². The van der Waals surface area contributed by atoms with E-state index >= 15 is 0 Å². The molecule has 1 aromatic carbocycles. The predicted octanol–water partition coefficient (Wildman–Crippen LogP) is 4.01. The molecule has 0 saturated carbocycles. The Balaban J connectivity index is 1.97. The number of hydrogen-bond acceptors (Lipinski definition) is 6. The van der Waals surface area contributed by atoms with Gasteiger partial charge in [0.1, 0.15) is 11.6 Å². The Labute approximate surface area is 138 Å². The van der Waals surface area contributed by atoms with Crippen molar-refractivity contribution >= 4 is 23.3 Å². The molecule has 3 aromatic rings. The minimum atomic E-state index is 0.335. The molecule has 0 N–H and O–H groups in total. The Morgan fingerprint density at radius 2 is 1.91 bits per heavy atom. The molecule has 0 aliphatic rings. The molecule has 0 amide bonds. The van der Waals surface area contributed by atoms with Gasteiger partial charge < -0.3 is 0 Å². The molecule has 0 aliphatic carbocycles. The number of aryl methyl sites for hydroxylation is 2. The van der Waals surface area contributed by atoms with Crippen LogP contribution in [0.3, 0.4) is 0 Å². The Kier molecular flexibility index (Phi) is 4.26. The third kappa shape index (κ3) is 2.91. The van der Waals surface area contributed by atoms with E-state index in [9.17, 15) is 0 Å². The quantitative estimate of drug-likeness (QED) is 0.723. The SMILES string of the molecule is Cc1ccccc1-n1c(C)nnc1Sc1nc(C(C)C)ns1. The fourth-order valence-corrected chi connectivity index (χ4v) is 3.82. The van der Waals surface area contributed by atoms with Crippen molar-refractivity contribution in [2.45, 2.75) is 43.1 Å². The van der Waals surface area contributed by atoms with E-state index in [0.29, 0.717) is 5.92 Å². The van der Waals surface area contributed by atoms with Crippen LogP contribution < -0.4 is 0 Å². The molecule has 0 atom stereocenters. The van der Waals surface area contributed by atoms with Gasteiger partial charge in [-0.25, -0.2) is 4.98 Å². The zero-order chi connectivity index (χ0) is 15.7. The van der Waals surface area contributed by atoms with Gasteiger partial charge in [0.15, 0.2) is 4.34 Å². The monoisotopic (exact) mass is 331 g/mol. The van der Waals surface area contributed by atoms with Gasteiger partial charge >= 0.3 is 0 Å². The fourth-order valence-electron chi connectivity index (χ4n) is 2.07. The minimum absolute atomic E-state index is 0.335. The standard InChI is InChI=1S/C15H17N5S2/c1-9(2)13-16-15(22-19-13)21-14-18-17-11(4)20(14)12-8-6-5-7-10(12)3/h5-9H,1-4H3. The lowest BCUT2D eigenvalue weighted by Gasteiger charge is -2.10. The molecule has 5 nitrogen and oxygen atoms in total. The van der Waals surface area contributed by atoms with E-state index in [-0.39, 0.29) is 0 Å². The van der Waals surface area contributed by atoms with Gasteiger partial charge in [0, 0.05) is 5.92 Å². The van der Waals surface area contributed by atoms with E-state index in [2.05, 4.69) is 57.0 Å². The molecule has 3 rings (SSSR count). The van der Waals surface area contributed by atoms with Gasteiger partial charge in [-0.3, -0.25) is 4.57 Å². The van der Waals surface area contributed by atoms with Crippen LogP contribution in [0.5, 0.6) is 0 Å². The van der Waals surface area contributed by atoms with Crippen LogP contribution in [0.1, 0.15) is 37.0 Å². The molecular weight excluding hydrogens is 314 g/mol. The zero-order valence-corrected chi connectivity index (χ0v) is 14.6. The summed E-state index contributed by atoms with van der Waals surface area (Å²) in [5.41, 5.74) is 2.29. The highest BCUT2D eigenvalue weighted by Gasteiger charge is 2.16. The first kappa shape index (κ1) is 15.2. The van der Waals surface area contributed by atoms with Crippen molar-refractivity contribution in [1.29, 1.82) is 0 Å². The van der Waals surface area contributed by atoms with Gasteiger partial charge in [-0.15, -0.1) is 10.2 Å². The maximum absolute atomic E-state index is 4.56. The van der Waals surface area contributed by atoms with Crippen molar-refractivity contribution in [3.63, 3.8) is 0 Å². The second kappa shape index (κ2) is 6.18. The molecule has 0 unspecified atom stereocenters. The number of rotatable bonds is 4. The highest BCUT2D eigenvalue weighted by molar-refractivity contribution is 8.00. The molecule has 0 aliphatic heterocycles. The maximum Gasteiger partial charge on any atom is 0.202 e. The van der Waals surface area contributed by atoms with E-state index in [0.717, 1.165) is 26.8 Å². The topological polar surface area (TPSA) is 56.5 Å². The van der Waals surface area contributed by atoms with Crippen LogP contribution in [0.2, 0.25) is 0 Å². The second-order valence-corrected chi connectivity index (χ2v) is 7.29. The summed E-state index contributed by atoms with van der Waals surface area (Å²) in [6.45, 7) is 8.24. The van der Waals surface area contributed by atoms with Gasteiger partial charge in [-0.05, 0) is 48.8 Å². The molecule has 0 radical (unpaired) electrons. The number of benzene rings is 1. The summed E-state index contributed by atoms with van der Waals surface area (Å²) in [5, 5.41) is 9.34. The Hall–Kier alpha value is -1.73. The highest BCUT2D eigenvalue weighted by Crippen LogP contribution is 2.31. The van der Waals surface area contributed by atoms with Crippen LogP contribution in [-0.4, -0.2) is 24.1 Å². The first-order valence-corrected chi connectivity index (χ1v) is 8.64. The average Bonchev–Trinajstić information content (AvgIpc) is 3.08. The lowest BCUT2D eigenvalue weighted by molar-refractivity contribution is 0.788. The van der Waals surface area contributed by atoms with Crippen molar-refractivity contribution < 1.29 is 0 Å². The Bertz CT molecular complexity index is 791. The van der Waals surface area contributed by atoms with E-state index in [1.807, 2.05) is 19.1 Å². The largest absolute Gasteiger partial charge is 0.274 e. The van der Waals surface area contributed by atoms with Crippen molar-refractivity contribution in [1.82, 2.24) is 24.1 Å². The normalized spacial score (nSPS) is 11.3. The second-order valence-electron chi connectivity index (χ2n) is 5.33. The third-order valence-electron chi connectivity index (χ3n) is 3.27. The molecule has 0 spiro atoms. The highest BCUT2D eigenvalue weighted by atomic mass is 32.2. The molecule has 2 heterocycles. The van der Waals surface area contributed by atoms with Crippen LogP contribution in [0, 0.1) is 13.8 Å². The Morgan fingerprint density at radius 3 is 2.59 bits per heavy atom. The van der Waals surface area contributed by atoms with Crippen molar-refractivity contribution in [2.75, 3.05) is 0 Å². The van der Waals surface area contributed by atoms with Gasteiger partial charge in [0.25, 0.3) is 0 Å². The van der Waals surface area contributed by atoms with E-state index in [4.69, 9.17) is 0 Å². The summed E-state index contributed by atoms with van der Waals surface area (Å²) in [7, 11) is 0. The minimum Gasteiger partial charge on any atom is -0.274 e.